The number of rotatable bonds is 13. The summed E-state index contributed by atoms with van der Waals surface area (Å²) < 4.78 is 5.05. The van der Waals surface area contributed by atoms with E-state index in [0.29, 0.717) is 57.5 Å². The molecule has 2 atom stereocenters. The number of aromatic nitrogens is 4. The molecule has 10 rings (SSSR count). The zero-order chi connectivity index (χ0) is 50.6. The van der Waals surface area contributed by atoms with Crippen LogP contribution < -0.4 is 16.3 Å². The Bertz CT molecular complexity index is 3170. The first-order valence-corrected chi connectivity index (χ1v) is 26.5. The molecule has 5 amide bonds. The van der Waals surface area contributed by atoms with E-state index in [1.807, 2.05) is 56.9 Å². The van der Waals surface area contributed by atoms with Crippen molar-refractivity contribution in [3.63, 3.8) is 0 Å². The van der Waals surface area contributed by atoms with E-state index in [-0.39, 0.29) is 59.5 Å². The molecule has 4 fully saturated rings. The van der Waals surface area contributed by atoms with Crippen LogP contribution in [0, 0.1) is 23.7 Å². The van der Waals surface area contributed by atoms with Gasteiger partial charge in [0.1, 0.15) is 6.04 Å². The number of unbranched alkanes of at least 4 members (excludes halogenated alkanes) is 2. The normalized spacial score (nSPS) is 19.0. The van der Waals surface area contributed by atoms with E-state index in [9.17, 15) is 28.8 Å². The van der Waals surface area contributed by atoms with Crippen molar-refractivity contribution < 1.29 is 24.0 Å². The first kappa shape index (κ1) is 49.5. The summed E-state index contributed by atoms with van der Waals surface area (Å²) in [5.74, 6) is 7.32. The second-order valence-corrected chi connectivity index (χ2v) is 20.8. The number of hydrogen-bond donors (Lipinski definition) is 2. The van der Waals surface area contributed by atoms with Gasteiger partial charge in [-0.2, -0.15) is 0 Å². The molecule has 380 valence electrons. The first-order valence-electron chi connectivity index (χ1n) is 26.5. The number of piperidine rings is 4. The summed E-state index contributed by atoms with van der Waals surface area (Å²) >= 11 is 0. The van der Waals surface area contributed by atoms with Gasteiger partial charge in [0.05, 0.1) is 29.1 Å². The van der Waals surface area contributed by atoms with Crippen LogP contribution in [-0.2, 0) is 37.6 Å². The average Bonchev–Trinajstić information content (AvgIpc) is 3.99. The van der Waals surface area contributed by atoms with Gasteiger partial charge in [-0.25, -0.2) is 9.78 Å². The fourth-order valence-electron chi connectivity index (χ4n) is 11.8. The summed E-state index contributed by atoms with van der Waals surface area (Å²) in [6.07, 6.45) is 14.5. The van der Waals surface area contributed by atoms with Crippen molar-refractivity contribution in [2.24, 2.45) is 18.9 Å². The number of imidazole rings is 2. The SMILES string of the molecule is CC(c1ccc(C#CC2CCN(C(=O)CCCCCC(=O)N3CCC(c4ccc5c(c4)n(C)c(=O)n5C4CCC(=O)NC4=O)CC3)CC2)c2ccccc12)N1CCC(C(=O)NCc2ccc3cncn3c2)CC1. The Morgan fingerprint density at radius 3 is 2.22 bits per heavy atom. The molecular weight excluding hydrogens is 919 g/mol. The summed E-state index contributed by atoms with van der Waals surface area (Å²) in [7, 11) is 1.71. The molecule has 15 nitrogen and oxygen atoms in total. The number of likely N-dealkylation sites (tertiary alicyclic amines) is 3. The number of carbonyl (C=O) groups is 5. The van der Waals surface area contributed by atoms with Gasteiger partial charge >= 0.3 is 5.69 Å². The number of hydrogen-bond acceptors (Lipinski definition) is 8. The topological polar surface area (TPSA) is 163 Å². The molecule has 0 spiro atoms. The molecule has 15 heteroatoms. The van der Waals surface area contributed by atoms with E-state index in [4.69, 9.17) is 0 Å². The summed E-state index contributed by atoms with van der Waals surface area (Å²) in [5.41, 5.74) is 6.65. The van der Waals surface area contributed by atoms with Gasteiger partial charge in [0.25, 0.3) is 0 Å². The van der Waals surface area contributed by atoms with Crippen molar-refractivity contribution in [2.45, 2.75) is 115 Å². The number of carbonyl (C=O) groups excluding carboxylic acids is 5. The minimum atomic E-state index is -0.716. The molecule has 2 unspecified atom stereocenters. The Labute approximate surface area is 426 Å². The molecule has 3 aromatic heterocycles. The molecule has 0 aliphatic carbocycles. The lowest BCUT2D eigenvalue weighted by Crippen LogP contribution is -2.44. The summed E-state index contributed by atoms with van der Waals surface area (Å²) in [4.78, 5) is 87.8. The molecule has 0 bridgehead atoms. The molecule has 6 aromatic rings. The van der Waals surface area contributed by atoms with E-state index >= 15 is 0 Å². The largest absolute Gasteiger partial charge is 0.352 e. The maximum absolute atomic E-state index is 13.2. The quantitative estimate of drug-likeness (QED) is 0.0700. The highest BCUT2D eigenvalue weighted by Gasteiger charge is 2.33. The molecule has 2 N–H and O–H groups in total. The predicted octanol–water partition coefficient (Wildman–Crippen LogP) is 7.15. The van der Waals surface area contributed by atoms with Gasteiger partial charge in [0, 0.05) is 88.7 Å². The molecular formula is C58H67N9O6. The van der Waals surface area contributed by atoms with Crippen LogP contribution in [0.4, 0.5) is 0 Å². The van der Waals surface area contributed by atoms with Crippen molar-refractivity contribution >= 4 is 56.9 Å². The Hall–Kier alpha value is -7.05. The highest BCUT2D eigenvalue weighted by Crippen LogP contribution is 2.34. The van der Waals surface area contributed by atoms with Crippen molar-refractivity contribution in [1.82, 2.24) is 43.9 Å². The zero-order valence-electron chi connectivity index (χ0n) is 42.2. The number of fused-ring (bicyclic) bond motifs is 3. The highest BCUT2D eigenvalue weighted by molar-refractivity contribution is 6.00. The number of imide groups is 1. The van der Waals surface area contributed by atoms with Crippen LogP contribution in [0.1, 0.15) is 131 Å². The van der Waals surface area contributed by atoms with Crippen LogP contribution >= 0.6 is 0 Å². The van der Waals surface area contributed by atoms with Crippen LogP contribution in [0.15, 0.2) is 90.2 Å². The molecule has 4 aliphatic rings. The standard InChI is InChI=1S/C58H67N9O6/c1-39(63-30-26-44(27-31-63)56(71)60-35-41-13-17-46-36-59-38-66(46)37-41)47-18-15-43(48-8-6-7-9-49(47)48)14-12-40-22-28-64(29-23-40)54(69)10-4-3-5-11-55(70)65-32-24-42(25-33-65)45-16-19-50-52(34-45)62(2)58(73)67(50)51-20-21-53(68)61-57(51)72/h6-9,13,15-19,34,36-40,42,44,51H,3-5,10-11,20-33,35H2,1-2H3,(H,60,71)(H,61,68,72). The average molecular weight is 986 g/mol. The molecule has 73 heavy (non-hydrogen) atoms. The minimum Gasteiger partial charge on any atom is -0.352 e. The van der Waals surface area contributed by atoms with Crippen molar-refractivity contribution in [1.29, 1.82) is 0 Å². The van der Waals surface area contributed by atoms with Gasteiger partial charge in [0.2, 0.25) is 29.5 Å². The molecule has 0 radical (unpaired) electrons. The fraction of sp³-hybridized carbons (Fsp3) is 0.466. The monoisotopic (exact) mass is 986 g/mol. The van der Waals surface area contributed by atoms with Gasteiger partial charge < -0.3 is 19.5 Å². The van der Waals surface area contributed by atoms with Crippen LogP contribution in [0.25, 0.3) is 27.3 Å². The summed E-state index contributed by atoms with van der Waals surface area (Å²) in [6.45, 7) is 7.29. The van der Waals surface area contributed by atoms with Crippen molar-refractivity contribution in [3.8, 4) is 11.8 Å². The Kier molecular flexibility index (Phi) is 14.9. The van der Waals surface area contributed by atoms with Gasteiger partial charge in [-0.3, -0.25) is 43.3 Å². The van der Waals surface area contributed by atoms with Crippen molar-refractivity contribution in [3.05, 3.63) is 118 Å². The van der Waals surface area contributed by atoms with Crippen molar-refractivity contribution in [2.75, 3.05) is 39.3 Å². The summed E-state index contributed by atoms with van der Waals surface area (Å²) in [6, 6.07) is 22.5. The van der Waals surface area contributed by atoms with Crippen LogP contribution in [0.3, 0.4) is 0 Å². The molecule has 0 saturated carbocycles. The summed E-state index contributed by atoms with van der Waals surface area (Å²) in [5, 5.41) is 7.90. The van der Waals surface area contributed by atoms with Gasteiger partial charge in [0.15, 0.2) is 0 Å². The fourth-order valence-corrected chi connectivity index (χ4v) is 11.8. The van der Waals surface area contributed by atoms with Gasteiger partial charge in [-0.1, -0.05) is 60.7 Å². The van der Waals surface area contributed by atoms with E-state index in [1.54, 1.807) is 17.9 Å². The lowest BCUT2D eigenvalue weighted by molar-refractivity contribution is -0.136. The molecule has 4 saturated heterocycles. The zero-order valence-corrected chi connectivity index (χ0v) is 42.2. The lowest BCUT2D eigenvalue weighted by atomic mass is 9.89. The maximum atomic E-state index is 13.2. The third-order valence-corrected chi connectivity index (χ3v) is 16.3. The first-order chi connectivity index (χ1) is 35.5. The Balaban J connectivity index is 0.630. The predicted molar refractivity (Wildman–Crippen MR) is 280 cm³/mol. The van der Waals surface area contributed by atoms with Gasteiger partial charge in [-0.05, 0) is 135 Å². The molecule has 7 heterocycles. The van der Waals surface area contributed by atoms with Crippen LogP contribution in [-0.4, -0.2) is 102 Å². The smallest absolute Gasteiger partial charge is 0.329 e. The minimum absolute atomic E-state index is 0.00694. The number of pyridine rings is 1. The highest BCUT2D eigenvalue weighted by atomic mass is 16.2. The van der Waals surface area contributed by atoms with Crippen LogP contribution in [0.5, 0.6) is 0 Å². The lowest BCUT2D eigenvalue weighted by Gasteiger charge is -2.36. The van der Waals surface area contributed by atoms with Gasteiger partial charge in [-0.15, -0.1) is 0 Å². The maximum Gasteiger partial charge on any atom is 0.329 e. The Morgan fingerprint density at radius 1 is 0.781 bits per heavy atom. The third kappa shape index (κ3) is 10.9. The second-order valence-electron chi connectivity index (χ2n) is 20.8. The Morgan fingerprint density at radius 2 is 1.49 bits per heavy atom. The number of nitrogens with one attached hydrogen (secondary N) is 2. The van der Waals surface area contributed by atoms with E-state index in [1.165, 1.54) is 15.5 Å². The number of benzene rings is 3. The van der Waals surface area contributed by atoms with Crippen LogP contribution in [0.2, 0.25) is 0 Å². The second kappa shape index (κ2) is 22.0. The van der Waals surface area contributed by atoms with E-state index in [0.717, 1.165) is 104 Å². The number of nitrogens with zero attached hydrogens (tertiary/aromatic N) is 7. The third-order valence-electron chi connectivity index (χ3n) is 16.3. The number of aryl methyl sites for hydroxylation is 1. The molecule has 4 aliphatic heterocycles. The number of amides is 5. The molecule has 3 aromatic carbocycles. The van der Waals surface area contributed by atoms with E-state index < -0.39 is 11.9 Å². The van der Waals surface area contributed by atoms with E-state index in [2.05, 4.69) is 75.7 Å².